The molecule has 4 N–H and O–H groups in total. The van der Waals surface area contributed by atoms with E-state index in [1.165, 1.54) is 0 Å². The third kappa shape index (κ3) is 18.7. The number of rotatable bonds is 32. The van der Waals surface area contributed by atoms with Crippen LogP contribution < -0.4 is 31.6 Å². The Morgan fingerprint density at radius 3 is 2.00 bits per heavy atom. The summed E-state index contributed by atoms with van der Waals surface area (Å²) in [5, 5.41) is 14.1. The maximum atomic E-state index is 12.9. The second kappa shape index (κ2) is 28.9. The summed E-state index contributed by atoms with van der Waals surface area (Å²) in [6.07, 6.45) is 8.79. The lowest BCUT2D eigenvalue weighted by Crippen LogP contribution is -2.67. The molecule has 62 heavy (non-hydrogen) atoms. The number of thioether (sulfide) groups is 1. The molecule has 3 atom stereocenters. The number of unbranched alkanes of at least 4 members (excludes halogenated alkanes) is 1. The van der Waals surface area contributed by atoms with Gasteiger partial charge in [-0.3, -0.25) is 9.59 Å². The first kappa shape index (κ1) is 51.8. The van der Waals surface area contributed by atoms with Gasteiger partial charge in [0.25, 0.3) is 0 Å². The summed E-state index contributed by atoms with van der Waals surface area (Å²) in [5.74, 6) is 3.28. The van der Waals surface area contributed by atoms with Crippen LogP contribution in [0.2, 0.25) is 0 Å². The lowest BCUT2D eigenvalue weighted by Gasteiger charge is -2.39. The minimum atomic E-state index is -3.36. The normalized spacial score (nSPS) is 17.7. The fourth-order valence-corrected chi connectivity index (χ4v) is 12.4. The number of hydrogen-bond acceptors (Lipinski definition) is 11. The predicted molar refractivity (Wildman–Crippen MR) is 251 cm³/mol. The number of terminal acetylenes is 1. The number of carbonyl (C=O) groups excluding carboxylic acids is 3. The Hall–Kier alpha value is -2.80. The summed E-state index contributed by atoms with van der Waals surface area (Å²) in [4.78, 5) is 36.5. The van der Waals surface area contributed by atoms with Gasteiger partial charge in [0.2, 0.25) is 11.8 Å². The third-order valence-corrected chi connectivity index (χ3v) is 16.8. The molecule has 0 aromatic heterocycles. The molecule has 18 heteroatoms. The zero-order valence-electron chi connectivity index (χ0n) is 35.8. The maximum absolute atomic E-state index is 12.9. The number of amides is 4. The number of benzene rings is 2. The molecular formula is C44H62Br2N4O10SSi. The number of fused-ring (bicyclic) bond motifs is 1. The summed E-state index contributed by atoms with van der Waals surface area (Å²) >= 11 is 9.12. The first-order chi connectivity index (χ1) is 30.0. The average molecular weight is 1030 g/mol. The minimum Gasteiger partial charge on any atom is -0.383 e. The molecule has 14 nitrogen and oxygen atoms in total. The molecule has 0 saturated carbocycles. The molecule has 2 aromatic rings. The molecule has 0 bridgehead atoms. The molecule has 2 heterocycles. The van der Waals surface area contributed by atoms with Gasteiger partial charge in [-0.25, -0.2) is 4.79 Å². The van der Waals surface area contributed by atoms with Crippen molar-refractivity contribution in [3.63, 3.8) is 0 Å². The van der Waals surface area contributed by atoms with Crippen LogP contribution in [-0.4, -0.2) is 141 Å². The second-order valence-corrected chi connectivity index (χ2v) is 21.3. The van der Waals surface area contributed by atoms with Crippen molar-refractivity contribution in [1.29, 1.82) is 0 Å². The number of nitrogens with one attached hydrogen (secondary N) is 4. The summed E-state index contributed by atoms with van der Waals surface area (Å²) in [5.41, 5.74) is -0.812. The van der Waals surface area contributed by atoms with Gasteiger partial charge < -0.3 is 53.8 Å². The fourth-order valence-electron chi connectivity index (χ4n) is 6.69. The van der Waals surface area contributed by atoms with Crippen LogP contribution in [0.3, 0.4) is 0 Å². The molecule has 342 valence electrons. The minimum absolute atomic E-state index is 0.0257. The van der Waals surface area contributed by atoms with Crippen LogP contribution in [0, 0.1) is 12.3 Å². The van der Waals surface area contributed by atoms with Crippen molar-refractivity contribution in [2.24, 2.45) is 0 Å². The van der Waals surface area contributed by atoms with E-state index in [1.807, 2.05) is 86.3 Å². The number of ether oxygens (including phenoxy) is 5. The molecule has 0 aliphatic carbocycles. The van der Waals surface area contributed by atoms with Crippen LogP contribution in [0.15, 0.2) is 69.6 Å². The molecule has 2 aliphatic rings. The standard InChI is InChI=1S/C44H62Br2N4O10SSi/c1-4-21-58-30-36(45)37(46)31-59-62(34-13-7-5-8-14-34,35-15-9-6-10-16-35)60-44(2,3)33-48-41(52)19-22-54-24-26-56-28-29-57-27-25-55-23-20-47-40(51)18-12-11-17-39-42-38(32-61-39)49-43(53)50-42/h1,5-10,13-16,38-39,42H,11-12,17-33H2,2-3H3,(H,47,51)(H,48,52)(H2,49,50,53)/b37-36+/t38-,39-,42-/m0/s1. The Bertz CT molecular complexity index is 1690. The predicted octanol–water partition coefficient (Wildman–Crippen LogP) is 4.12. The highest BCUT2D eigenvalue weighted by molar-refractivity contribution is 9.14. The average Bonchev–Trinajstić information content (AvgIpc) is 3.83. The lowest BCUT2D eigenvalue weighted by molar-refractivity contribution is -0.123. The van der Waals surface area contributed by atoms with E-state index in [9.17, 15) is 14.4 Å². The topological polar surface area (TPSA) is 164 Å². The van der Waals surface area contributed by atoms with Crippen molar-refractivity contribution in [1.82, 2.24) is 21.3 Å². The van der Waals surface area contributed by atoms with E-state index in [1.54, 1.807) is 0 Å². The molecule has 0 radical (unpaired) electrons. The SMILES string of the molecule is C#CCOC/C(Br)=C(\Br)CO[Si](OC(C)(C)CNC(=O)CCOCCOCCOCCOCCNC(=O)CCCC[C@@H]1SC[C@@H]2NC(=O)N[C@@H]21)(c1ccccc1)c1ccccc1. The number of urea groups is 1. The smallest absolute Gasteiger partial charge is 0.383 e. The van der Waals surface area contributed by atoms with Gasteiger partial charge in [0.05, 0.1) is 83.8 Å². The van der Waals surface area contributed by atoms with Crippen LogP contribution in [0.25, 0.3) is 0 Å². The Balaban J connectivity index is 1.03. The van der Waals surface area contributed by atoms with Gasteiger partial charge in [-0.2, -0.15) is 11.8 Å². The van der Waals surface area contributed by atoms with Crippen molar-refractivity contribution in [2.45, 2.75) is 68.9 Å². The number of carbonyl (C=O) groups is 3. The molecule has 0 unspecified atom stereocenters. The van der Waals surface area contributed by atoms with Gasteiger partial charge in [0.1, 0.15) is 6.61 Å². The fraction of sp³-hybridized carbons (Fsp3) is 0.568. The van der Waals surface area contributed by atoms with Crippen molar-refractivity contribution >= 4 is 80.4 Å². The largest absolute Gasteiger partial charge is 0.407 e. The lowest BCUT2D eigenvalue weighted by atomic mass is 10.0. The van der Waals surface area contributed by atoms with Crippen LogP contribution in [-0.2, 0) is 42.1 Å². The van der Waals surface area contributed by atoms with E-state index >= 15 is 0 Å². The van der Waals surface area contributed by atoms with Crippen LogP contribution in [0.1, 0.15) is 46.0 Å². The highest BCUT2D eigenvalue weighted by atomic mass is 79.9. The highest BCUT2D eigenvalue weighted by Crippen LogP contribution is 2.33. The summed E-state index contributed by atoms with van der Waals surface area (Å²) in [6.45, 7) is 8.36. The second-order valence-electron chi connectivity index (χ2n) is 15.2. The first-order valence-corrected chi connectivity index (χ1v) is 25.5. The summed E-state index contributed by atoms with van der Waals surface area (Å²) < 4.78 is 43.2. The molecule has 4 amide bonds. The summed E-state index contributed by atoms with van der Waals surface area (Å²) in [6, 6.07) is 20.2. The van der Waals surface area contributed by atoms with Crippen molar-refractivity contribution < 1.29 is 46.9 Å². The molecule has 0 spiro atoms. The highest BCUT2D eigenvalue weighted by Gasteiger charge is 2.47. The first-order valence-electron chi connectivity index (χ1n) is 21.1. The molecule has 4 rings (SSSR count). The Labute approximate surface area is 388 Å². The molecule has 2 saturated heterocycles. The van der Waals surface area contributed by atoms with Crippen molar-refractivity contribution in [3.8, 4) is 12.3 Å². The van der Waals surface area contributed by atoms with E-state index in [-0.39, 0.29) is 62.7 Å². The van der Waals surface area contributed by atoms with Gasteiger partial charge in [-0.1, -0.05) is 105 Å². The van der Waals surface area contributed by atoms with Gasteiger partial charge in [-0.05, 0) is 37.1 Å². The quantitative estimate of drug-likeness (QED) is 0.0361. The molecule has 2 aliphatic heterocycles. The van der Waals surface area contributed by atoms with Crippen LogP contribution >= 0.6 is 43.6 Å². The van der Waals surface area contributed by atoms with E-state index in [2.05, 4.69) is 59.0 Å². The third-order valence-electron chi connectivity index (χ3n) is 9.79. The van der Waals surface area contributed by atoms with E-state index in [0.29, 0.717) is 71.1 Å². The number of hydrogen-bond donors (Lipinski definition) is 4. The zero-order chi connectivity index (χ0) is 44.5. The van der Waals surface area contributed by atoms with Crippen LogP contribution in [0.4, 0.5) is 4.79 Å². The van der Waals surface area contributed by atoms with Gasteiger partial charge in [-0.15, -0.1) is 6.42 Å². The van der Waals surface area contributed by atoms with Gasteiger partial charge in [0, 0.05) is 45.9 Å². The van der Waals surface area contributed by atoms with Gasteiger partial charge >= 0.3 is 14.6 Å². The van der Waals surface area contributed by atoms with Crippen LogP contribution in [0.5, 0.6) is 0 Å². The van der Waals surface area contributed by atoms with Crippen molar-refractivity contribution in [3.05, 3.63) is 69.6 Å². The van der Waals surface area contributed by atoms with Gasteiger partial charge in [0.15, 0.2) is 0 Å². The van der Waals surface area contributed by atoms with E-state index in [4.69, 9.17) is 39.0 Å². The molecule has 2 fully saturated rings. The van der Waals surface area contributed by atoms with E-state index in [0.717, 1.165) is 44.4 Å². The number of halogens is 2. The Morgan fingerprint density at radius 1 is 0.790 bits per heavy atom. The monoisotopic (exact) mass is 1020 g/mol. The summed E-state index contributed by atoms with van der Waals surface area (Å²) in [7, 11) is -3.36. The van der Waals surface area contributed by atoms with Crippen molar-refractivity contribution in [2.75, 3.05) is 91.5 Å². The maximum Gasteiger partial charge on any atom is 0.407 e. The van der Waals surface area contributed by atoms with E-state index < -0.39 is 14.2 Å². The Morgan fingerprint density at radius 2 is 1.37 bits per heavy atom. The molecule has 2 aromatic carbocycles. The zero-order valence-corrected chi connectivity index (χ0v) is 40.8. The molecular weight excluding hydrogens is 964 g/mol. The Kier molecular flexibility index (Phi) is 24.1.